The van der Waals surface area contributed by atoms with Gasteiger partial charge in [-0.2, -0.15) is 0 Å². The van der Waals surface area contributed by atoms with Crippen LogP contribution in [-0.4, -0.2) is 20.8 Å². The standard InChI is InChI=1S/C11H14FNO2/c1-14-10-6-5-9(12)8(4-3-7-13)11(10)15-2/h3-6H,7,13H2,1-2H3/b4-3+. The van der Waals surface area contributed by atoms with Gasteiger partial charge < -0.3 is 15.2 Å². The molecule has 0 atom stereocenters. The minimum atomic E-state index is -0.364. The SMILES string of the molecule is COc1ccc(F)c(/C=C/CN)c1OC. The molecule has 0 aliphatic carbocycles. The van der Waals surface area contributed by atoms with Gasteiger partial charge in [-0.15, -0.1) is 0 Å². The summed E-state index contributed by atoms with van der Waals surface area (Å²) in [5.41, 5.74) is 5.66. The molecule has 0 unspecified atom stereocenters. The minimum absolute atomic E-state index is 0.347. The van der Waals surface area contributed by atoms with Gasteiger partial charge in [0.15, 0.2) is 11.5 Å². The molecule has 0 fully saturated rings. The van der Waals surface area contributed by atoms with E-state index in [4.69, 9.17) is 15.2 Å². The van der Waals surface area contributed by atoms with Crippen molar-refractivity contribution in [2.45, 2.75) is 0 Å². The zero-order valence-corrected chi connectivity index (χ0v) is 8.79. The Morgan fingerprint density at radius 2 is 2.07 bits per heavy atom. The van der Waals surface area contributed by atoms with Crippen LogP contribution in [0.4, 0.5) is 4.39 Å². The van der Waals surface area contributed by atoms with Crippen molar-refractivity contribution in [2.24, 2.45) is 5.73 Å². The van der Waals surface area contributed by atoms with E-state index < -0.39 is 0 Å². The third kappa shape index (κ3) is 2.47. The lowest BCUT2D eigenvalue weighted by Gasteiger charge is -2.10. The second kappa shape index (κ2) is 5.36. The summed E-state index contributed by atoms with van der Waals surface area (Å²) in [6.45, 7) is 0.347. The zero-order chi connectivity index (χ0) is 11.3. The highest BCUT2D eigenvalue weighted by molar-refractivity contribution is 5.63. The largest absolute Gasteiger partial charge is 0.493 e. The number of rotatable bonds is 4. The van der Waals surface area contributed by atoms with Crippen LogP contribution < -0.4 is 15.2 Å². The summed E-state index contributed by atoms with van der Waals surface area (Å²) >= 11 is 0. The van der Waals surface area contributed by atoms with Crippen LogP contribution in [0.25, 0.3) is 6.08 Å². The Labute approximate surface area is 88.3 Å². The molecular weight excluding hydrogens is 197 g/mol. The maximum Gasteiger partial charge on any atom is 0.170 e. The van der Waals surface area contributed by atoms with Gasteiger partial charge in [-0.3, -0.25) is 0 Å². The normalized spacial score (nSPS) is 10.7. The molecule has 15 heavy (non-hydrogen) atoms. The molecule has 0 aliphatic heterocycles. The van der Waals surface area contributed by atoms with Crippen molar-refractivity contribution in [1.29, 1.82) is 0 Å². The Morgan fingerprint density at radius 3 is 2.60 bits per heavy atom. The van der Waals surface area contributed by atoms with Crippen LogP contribution in [-0.2, 0) is 0 Å². The monoisotopic (exact) mass is 211 g/mol. The van der Waals surface area contributed by atoms with Crippen molar-refractivity contribution >= 4 is 6.08 Å². The minimum Gasteiger partial charge on any atom is -0.493 e. The highest BCUT2D eigenvalue weighted by Gasteiger charge is 2.12. The first-order valence-electron chi connectivity index (χ1n) is 4.51. The summed E-state index contributed by atoms with van der Waals surface area (Å²) < 4.78 is 23.6. The van der Waals surface area contributed by atoms with E-state index in [0.717, 1.165) is 0 Å². The predicted molar refractivity (Wildman–Crippen MR) is 57.6 cm³/mol. The first-order valence-corrected chi connectivity index (χ1v) is 4.51. The Kier molecular flexibility index (Phi) is 4.12. The van der Waals surface area contributed by atoms with Gasteiger partial charge in [-0.25, -0.2) is 4.39 Å². The van der Waals surface area contributed by atoms with Gasteiger partial charge in [0.2, 0.25) is 0 Å². The van der Waals surface area contributed by atoms with E-state index in [2.05, 4.69) is 0 Å². The quantitative estimate of drug-likeness (QED) is 0.826. The fourth-order valence-electron chi connectivity index (χ4n) is 1.27. The highest BCUT2D eigenvalue weighted by Crippen LogP contribution is 2.33. The third-order valence-corrected chi connectivity index (χ3v) is 1.95. The number of hydrogen-bond acceptors (Lipinski definition) is 3. The average Bonchev–Trinajstić information content (AvgIpc) is 2.27. The van der Waals surface area contributed by atoms with Gasteiger partial charge in [0, 0.05) is 6.54 Å². The molecule has 0 heterocycles. The van der Waals surface area contributed by atoms with Crippen LogP contribution in [0.1, 0.15) is 5.56 Å². The van der Waals surface area contributed by atoms with Crippen molar-refractivity contribution in [3.8, 4) is 11.5 Å². The molecule has 0 aromatic heterocycles. The van der Waals surface area contributed by atoms with Crippen molar-refractivity contribution < 1.29 is 13.9 Å². The van der Waals surface area contributed by atoms with E-state index in [0.29, 0.717) is 23.6 Å². The molecule has 0 aliphatic rings. The maximum absolute atomic E-state index is 13.4. The van der Waals surface area contributed by atoms with E-state index in [1.54, 1.807) is 12.2 Å². The molecule has 2 N–H and O–H groups in total. The first kappa shape index (κ1) is 11.5. The van der Waals surface area contributed by atoms with E-state index in [9.17, 15) is 4.39 Å². The summed E-state index contributed by atoms with van der Waals surface area (Å²) in [5.74, 6) is 0.509. The van der Waals surface area contributed by atoms with Gasteiger partial charge in [0.1, 0.15) is 5.82 Å². The number of methoxy groups -OCH3 is 2. The molecule has 1 aromatic rings. The lowest BCUT2D eigenvalue weighted by molar-refractivity contribution is 0.351. The van der Waals surface area contributed by atoms with Crippen LogP contribution in [0.2, 0.25) is 0 Å². The maximum atomic E-state index is 13.4. The number of ether oxygens (including phenoxy) is 2. The van der Waals surface area contributed by atoms with Crippen LogP contribution in [0, 0.1) is 5.82 Å². The third-order valence-electron chi connectivity index (χ3n) is 1.95. The number of halogens is 1. The summed E-state index contributed by atoms with van der Waals surface area (Å²) in [6, 6.07) is 2.85. The lowest BCUT2D eigenvalue weighted by Crippen LogP contribution is -1.97. The zero-order valence-electron chi connectivity index (χ0n) is 8.79. The number of nitrogens with two attached hydrogens (primary N) is 1. The second-order valence-electron chi connectivity index (χ2n) is 2.83. The summed E-state index contributed by atoms with van der Waals surface area (Å²) in [6.07, 6.45) is 3.23. The van der Waals surface area contributed by atoms with E-state index >= 15 is 0 Å². The van der Waals surface area contributed by atoms with Crippen molar-refractivity contribution in [2.75, 3.05) is 20.8 Å². The van der Waals surface area contributed by atoms with Crippen LogP contribution in [0.3, 0.4) is 0 Å². The predicted octanol–water partition coefficient (Wildman–Crippen LogP) is 1.81. The van der Waals surface area contributed by atoms with Crippen LogP contribution in [0.15, 0.2) is 18.2 Å². The molecule has 0 radical (unpaired) electrons. The van der Waals surface area contributed by atoms with Gasteiger partial charge in [-0.1, -0.05) is 12.2 Å². The van der Waals surface area contributed by atoms with Crippen molar-refractivity contribution in [3.05, 3.63) is 29.6 Å². The number of benzene rings is 1. The Hall–Kier alpha value is -1.55. The average molecular weight is 211 g/mol. The summed E-state index contributed by atoms with van der Waals surface area (Å²) in [7, 11) is 2.98. The molecule has 0 bridgehead atoms. The molecule has 0 saturated heterocycles. The van der Waals surface area contributed by atoms with Crippen molar-refractivity contribution in [1.82, 2.24) is 0 Å². The second-order valence-corrected chi connectivity index (χ2v) is 2.83. The van der Waals surface area contributed by atoms with E-state index in [1.165, 1.54) is 26.4 Å². The van der Waals surface area contributed by atoms with Crippen LogP contribution in [0.5, 0.6) is 11.5 Å². The molecule has 0 amide bonds. The fraction of sp³-hybridized carbons (Fsp3) is 0.273. The molecule has 0 spiro atoms. The first-order chi connectivity index (χ1) is 7.24. The Morgan fingerprint density at radius 1 is 1.33 bits per heavy atom. The summed E-state index contributed by atoms with van der Waals surface area (Å²) in [5, 5.41) is 0. The fourth-order valence-corrected chi connectivity index (χ4v) is 1.27. The van der Waals surface area contributed by atoms with Crippen molar-refractivity contribution in [3.63, 3.8) is 0 Å². The van der Waals surface area contributed by atoms with Crippen LogP contribution >= 0.6 is 0 Å². The van der Waals surface area contributed by atoms with Gasteiger partial charge in [0.25, 0.3) is 0 Å². The lowest BCUT2D eigenvalue weighted by atomic mass is 10.1. The molecular formula is C11H14FNO2. The molecule has 82 valence electrons. The Bertz CT molecular complexity index is 364. The number of hydrogen-bond donors (Lipinski definition) is 1. The van der Waals surface area contributed by atoms with E-state index in [-0.39, 0.29) is 5.82 Å². The topological polar surface area (TPSA) is 44.5 Å². The van der Waals surface area contributed by atoms with Gasteiger partial charge >= 0.3 is 0 Å². The highest BCUT2D eigenvalue weighted by atomic mass is 19.1. The smallest absolute Gasteiger partial charge is 0.170 e. The molecule has 3 nitrogen and oxygen atoms in total. The Balaban J connectivity index is 3.25. The molecule has 1 aromatic carbocycles. The van der Waals surface area contributed by atoms with E-state index in [1.807, 2.05) is 0 Å². The molecule has 4 heteroatoms. The van der Waals surface area contributed by atoms with Gasteiger partial charge in [-0.05, 0) is 12.1 Å². The summed E-state index contributed by atoms with van der Waals surface area (Å²) in [4.78, 5) is 0. The molecule has 0 saturated carbocycles. The van der Waals surface area contributed by atoms with Gasteiger partial charge in [0.05, 0.1) is 19.8 Å². The molecule has 1 rings (SSSR count).